The van der Waals surface area contributed by atoms with Gasteiger partial charge in [-0.05, 0) is 12.8 Å². The summed E-state index contributed by atoms with van der Waals surface area (Å²) >= 11 is 0. The van der Waals surface area contributed by atoms with Gasteiger partial charge in [-0.1, -0.05) is 13.0 Å². The van der Waals surface area contributed by atoms with Gasteiger partial charge >= 0.3 is 12.0 Å². The maximum atomic E-state index is 11.4. The highest BCUT2D eigenvalue weighted by atomic mass is 16.4. The highest BCUT2D eigenvalue weighted by Gasteiger charge is 2.23. The topological polar surface area (TPSA) is 69.6 Å². The largest absolute Gasteiger partial charge is 0.480 e. The number of carbonyl (C=O) groups excluding carboxylic acids is 1. The number of urea groups is 1. The molecule has 86 valence electrons. The van der Waals surface area contributed by atoms with Gasteiger partial charge in [-0.25, -0.2) is 9.59 Å². The average Bonchev–Trinajstić information content (AvgIpc) is 2.18. The molecule has 0 saturated carbocycles. The van der Waals surface area contributed by atoms with Gasteiger partial charge in [0.05, 0.1) is 0 Å². The quantitative estimate of drug-likeness (QED) is 0.513. The monoisotopic (exact) mass is 214 g/mol. The summed E-state index contributed by atoms with van der Waals surface area (Å²) in [5, 5.41) is 11.4. The number of hydrogen-bond donors (Lipinski definition) is 2. The number of carboxylic acids is 1. The molecule has 2 amide bonds. The predicted octanol–water partition coefficient (Wildman–Crippen LogP) is 1.07. The number of aliphatic carboxylic acids is 1. The fraction of sp³-hybridized carbons (Fsp3) is 0.600. The molecule has 0 aliphatic carbocycles. The van der Waals surface area contributed by atoms with Crippen molar-refractivity contribution in [1.82, 2.24) is 10.2 Å². The summed E-state index contributed by atoms with van der Waals surface area (Å²) in [6.45, 7) is 5.73. The Morgan fingerprint density at radius 3 is 2.60 bits per heavy atom. The van der Waals surface area contributed by atoms with E-state index in [2.05, 4.69) is 11.9 Å². The number of carbonyl (C=O) groups is 2. The number of amides is 2. The van der Waals surface area contributed by atoms with Crippen molar-refractivity contribution < 1.29 is 14.7 Å². The van der Waals surface area contributed by atoms with E-state index in [1.807, 2.05) is 0 Å². The van der Waals surface area contributed by atoms with Gasteiger partial charge in [-0.2, -0.15) is 0 Å². The van der Waals surface area contributed by atoms with E-state index < -0.39 is 12.0 Å². The van der Waals surface area contributed by atoms with Gasteiger partial charge in [0, 0.05) is 13.6 Å². The molecule has 1 atom stereocenters. The van der Waals surface area contributed by atoms with Crippen molar-refractivity contribution in [2.45, 2.75) is 25.8 Å². The Kier molecular flexibility index (Phi) is 6.17. The van der Waals surface area contributed by atoms with Crippen LogP contribution in [-0.4, -0.2) is 41.6 Å². The molecule has 15 heavy (non-hydrogen) atoms. The van der Waals surface area contributed by atoms with Crippen LogP contribution in [0, 0.1) is 0 Å². The minimum absolute atomic E-state index is 0.369. The van der Waals surface area contributed by atoms with Crippen molar-refractivity contribution in [2.75, 3.05) is 13.6 Å². The SMILES string of the molecule is C=CCCNC(=O)N(C)C(CC)C(=O)O. The minimum Gasteiger partial charge on any atom is -0.480 e. The number of likely N-dealkylation sites (N-methyl/N-ethyl adjacent to an activating group) is 1. The van der Waals surface area contributed by atoms with Crippen LogP contribution < -0.4 is 5.32 Å². The second-order valence-electron chi connectivity index (χ2n) is 3.18. The van der Waals surface area contributed by atoms with Gasteiger partial charge in [-0.3, -0.25) is 0 Å². The molecular weight excluding hydrogens is 196 g/mol. The van der Waals surface area contributed by atoms with E-state index in [4.69, 9.17) is 5.11 Å². The summed E-state index contributed by atoms with van der Waals surface area (Å²) in [5.41, 5.74) is 0. The van der Waals surface area contributed by atoms with E-state index in [1.54, 1.807) is 13.0 Å². The highest BCUT2D eigenvalue weighted by molar-refractivity contribution is 5.82. The van der Waals surface area contributed by atoms with Crippen LogP contribution in [0.4, 0.5) is 4.79 Å². The van der Waals surface area contributed by atoms with E-state index in [9.17, 15) is 9.59 Å². The molecule has 0 aliphatic heterocycles. The normalized spacial score (nSPS) is 11.6. The summed E-state index contributed by atoms with van der Waals surface area (Å²) in [4.78, 5) is 23.4. The number of nitrogens with one attached hydrogen (secondary N) is 1. The van der Waals surface area contributed by atoms with Gasteiger partial charge in [0.2, 0.25) is 0 Å². The predicted molar refractivity (Wildman–Crippen MR) is 57.7 cm³/mol. The first-order chi connectivity index (χ1) is 7.04. The molecule has 0 heterocycles. The van der Waals surface area contributed by atoms with E-state index in [1.165, 1.54) is 11.9 Å². The van der Waals surface area contributed by atoms with Crippen LogP contribution in [-0.2, 0) is 4.79 Å². The van der Waals surface area contributed by atoms with Crippen LogP contribution in [0.1, 0.15) is 19.8 Å². The lowest BCUT2D eigenvalue weighted by molar-refractivity contribution is -0.141. The molecule has 2 N–H and O–H groups in total. The molecule has 0 spiro atoms. The molecule has 0 rings (SSSR count). The third-order valence-electron chi connectivity index (χ3n) is 2.08. The zero-order valence-electron chi connectivity index (χ0n) is 9.19. The van der Waals surface area contributed by atoms with Crippen LogP contribution in [0.2, 0.25) is 0 Å². The molecule has 0 aromatic heterocycles. The smallest absolute Gasteiger partial charge is 0.326 e. The minimum atomic E-state index is -0.987. The van der Waals surface area contributed by atoms with Crippen molar-refractivity contribution in [2.24, 2.45) is 0 Å². The van der Waals surface area contributed by atoms with Gasteiger partial charge in [0.25, 0.3) is 0 Å². The second-order valence-corrected chi connectivity index (χ2v) is 3.18. The number of nitrogens with zero attached hydrogens (tertiary/aromatic N) is 1. The highest BCUT2D eigenvalue weighted by Crippen LogP contribution is 2.01. The molecule has 0 fully saturated rings. The standard InChI is InChI=1S/C10H18N2O3/c1-4-6-7-11-10(15)12(3)8(5-2)9(13)14/h4,8H,1,5-7H2,2-3H3,(H,11,15)(H,13,14). The van der Waals surface area contributed by atoms with Crippen molar-refractivity contribution in [3.63, 3.8) is 0 Å². The lowest BCUT2D eigenvalue weighted by Gasteiger charge is -2.23. The van der Waals surface area contributed by atoms with Crippen LogP contribution >= 0.6 is 0 Å². The number of hydrogen-bond acceptors (Lipinski definition) is 2. The molecule has 5 heteroatoms. The van der Waals surface area contributed by atoms with Crippen molar-refractivity contribution >= 4 is 12.0 Å². The number of carboxylic acid groups (broad SMARTS) is 1. The fourth-order valence-corrected chi connectivity index (χ4v) is 1.16. The van der Waals surface area contributed by atoms with Crippen molar-refractivity contribution in [1.29, 1.82) is 0 Å². The zero-order chi connectivity index (χ0) is 11.8. The second kappa shape index (κ2) is 6.86. The van der Waals surface area contributed by atoms with E-state index in [0.29, 0.717) is 19.4 Å². The molecule has 0 bridgehead atoms. The molecule has 0 saturated heterocycles. The van der Waals surface area contributed by atoms with Crippen molar-refractivity contribution in [3.05, 3.63) is 12.7 Å². The van der Waals surface area contributed by atoms with E-state index in [-0.39, 0.29) is 6.03 Å². The molecule has 0 aliphatic rings. The van der Waals surface area contributed by atoms with Crippen LogP contribution in [0.15, 0.2) is 12.7 Å². The van der Waals surface area contributed by atoms with E-state index >= 15 is 0 Å². The third-order valence-corrected chi connectivity index (χ3v) is 2.08. The molecule has 0 radical (unpaired) electrons. The zero-order valence-corrected chi connectivity index (χ0v) is 9.19. The lowest BCUT2D eigenvalue weighted by Crippen LogP contribution is -2.47. The molecule has 1 unspecified atom stereocenters. The van der Waals surface area contributed by atoms with Gasteiger partial charge < -0.3 is 15.3 Å². The Labute approximate surface area is 89.8 Å². The number of rotatable bonds is 6. The first-order valence-electron chi connectivity index (χ1n) is 4.88. The van der Waals surface area contributed by atoms with Gasteiger partial charge in [0.1, 0.15) is 6.04 Å². The van der Waals surface area contributed by atoms with E-state index in [0.717, 1.165) is 0 Å². The molecular formula is C10H18N2O3. The molecule has 0 aromatic carbocycles. The third kappa shape index (κ3) is 4.49. The lowest BCUT2D eigenvalue weighted by atomic mass is 10.2. The Hall–Kier alpha value is -1.52. The summed E-state index contributed by atoms with van der Waals surface area (Å²) in [5.74, 6) is -0.987. The molecule has 0 aromatic rings. The van der Waals surface area contributed by atoms with Gasteiger partial charge in [0.15, 0.2) is 0 Å². The van der Waals surface area contributed by atoms with Crippen LogP contribution in [0.25, 0.3) is 0 Å². The Balaban J connectivity index is 4.16. The maximum absolute atomic E-state index is 11.4. The summed E-state index contributed by atoms with van der Waals surface area (Å²) < 4.78 is 0. The summed E-state index contributed by atoms with van der Waals surface area (Å²) in [7, 11) is 1.48. The van der Waals surface area contributed by atoms with Crippen LogP contribution in [0.3, 0.4) is 0 Å². The Bertz CT molecular complexity index is 241. The van der Waals surface area contributed by atoms with Crippen molar-refractivity contribution in [3.8, 4) is 0 Å². The first kappa shape index (κ1) is 13.5. The summed E-state index contributed by atoms with van der Waals surface area (Å²) in [6, 6.07) is -1.14. The Morgan fingerprint density at radius 2 is 2.20 bits per heavy atom. The van der Waals surface area contributed by atoms with Crippen LogP contribution in [0.5, 0.6) is 0 Å². The fourth-order valence-electron chi connectivity index (χ4n) is 1.16. The molecule has 5 nitrogen and oxygen atoms in total. The average molecular weight is 214 g/mol. The Morgan fingerprint density at radius 1 is 1.60 bits per heavy atom. The first-order valence-corrected chi connectivity index (χ1v) is 4.88. The summed E-state index contributed by atoms with van der Waals surface area (Å²) in [6.07, 6.45) is 2.75. The maximum Gasteiger partial charge on any atom is 0.326 e. The van der Waals surface area contributed by atoms with Gasteiger partial charge in [-0.15, -0.1) is 6.58 Å².